The van der Waals surface area contributed by atoms with Crippen LogP contribution < -0.4 is 5.73 Å². The fourth-order valence-corrected chi connectivity index (χ4v) is 3.40. The first kappa shape index (κ1) is 12.3. The van der Waals surface area contributed by atoms with E-state index in [4.69, 9.17) is 5.73 Å². The van der Waals surface area contributed by atoms with Gasteiger partial charge in [-0.25, -0.2) is 0 Å². The van der Waals surface area contributed by atoms with Crippen LogP contribution in [0.1, 0.15) is 44.9 Å². The molecule has 0 spiro atoms. The molecule has 2 fully saturated rings. The van der Waals surface area contributed by atoms with Crippen molar-refractivity contribution in [3.8, 4) is 0 Å². The largest absolute Gasteiger partial charge is 0.394 e. The molecular weight excluding hydrogens is 200 g/mol. The minimum Gasteiger partial charge on any atom is -0.394 e. The summed E-state index contributed by atoms with van der Waals surface area (Å²) in [6, 6.07) is 0.595. The molecule has 0 radical (unpaired) electrons. The van der Waals surface area contributed by atoms with Crippen molar-refractivity contribution in [1.82, 2.24) is 4.90 Å². The number of aliphatic hydroxyl groups is 1. The van der Waals surface area contributed by atoms with Gasteiger partial charge in [-0.15, -0.1) is 0 Å². The highest BCUT2D eigenvalue weighted by atomic mass is 16.3. The van der Waals surface area contributed by atoms with Crippen LogP contribution in [0, 0.1) is 5.92 Å². The first-order chi connectivity index (χ1) is 7.63. The van der Waals surface area contributed by atoms with Gasteiger partial charge in [-0.05, 0) is 45.1 Å². The first-order valence-electron chi connectivity index (χ1n) is 6.73. The predicted molar refractivity (Wildman–Crippen MR) is 66.2 cm³/mol. The lowest BCUT2D eigenvalue weighted by molar-refractivity contribution is 0.171. The maximum Gasteiger partial charge on any atom is 0.0611 e. The molecular formula is C13H26N2O. The van der Waals surface area contributed by atoms with Crippen molar-refractivity contribution in [1.29, 1.82) is 0 Å². The Hall–Kier alpha value is -0.120. The van der Waals surface area contributed by atoms with Gasteiger partial charge in [0, 0.05) is 18.1 Å². The molecule has 3 N–H and O–H groups in total. The molecule has 2 saturated carbocycles. The molecule has 0 aromatic carbocycles. The number of rotatable bonds is 4. The fraction of sp³-hybridized carbons (Fsp3) is 1.00. The molecule has 2 aliphatic rings. The molecule has 3 heteroatoms. The van der Waals surface area contributed by atoms with Gasteiger partial charge in [0.15, 0.2) is 0 Å². The van der Waals surface area contributed by atoms with E-state index in [-0.39, 0.29) is 12.1 Å². The zero-order valence-corrected chi connectivity index (χ0v) is 10.5. The van der Waals surface area contributed by atoms with Crippen LogP contribution in [0.5, 0.6) is 0 Å². The first-order valence-corrected chi connectivity index (χ1v) is 6.73. The molecule has 0 amide bonds. The smallest absolute Gasteiger partial charge is 0.0611 e. The van der Waals surface area contributed by atoms with E-state index in [0.717, 1.165) is 25.2 Å². The SMILES string of the molecule is CN(CC1CCCC1)C1CCC(N)(CO)C1. The maximum atomic E-state index is 9.27. The average molecular weight is 226 g/mol. The minimum absolute atomic E-state index is 0.140. The van der Waals surface area contributed by atoms with E-state index >= 15 is 0 Å². The number of nitrogens with two attached hydrogens (primary N) is 1. The molecule has 0 aromatic heterocycles. The fourth-order valence-electron chi connectivity index (χ4n) is 3.40. The zero-order chi connectivity index (χ0) is 11.6. The summed E-state index contributed by atoms with van der Waals surface area (Å²) in [6.07, 6.45) is 8.74. The van der Waals surface area contributed by atoms with Crippen molar-refractivity contribution in [2.45, 2.75) is 56.5 Å². The molecule has 0 aromatic rings. The van der Waals surface area contributed by atoms with E-state index in [1.54, 1.807) is 0 Å². The van der Waals surface area contributed by atoms with Crippen LogP contribution in [-0.2, 0) is 0 Å². The Morgan fingerprint density at radius 1 is 1.31 bits per heavy atom. The molecule has 2 atom stereocenters. The molecule has 94 valence electrons. The van der Waals surface area contributed by atoms with Crippen LogP contribution in [0.4, 0.5) is 0 Å². The standard InChI is InChI=1S/C13H26N2O/c1-15(9-11-4-2-3-5-11)12-6-7-13(14,8-12)10-16/h11-12,16H,2-10,14H2,1H3. The lowest BCUT2D eigenvalue weighted by Gasteiger charge is -2.28. The van der Waals surface area contributed by atoms with Gasteiger partial charge in [-0.3, -0.25) is 0 Å². The van der Waals surface area contributed by atoms with Gasteiger partial charge in [-0.1, -0.05) is 12.8 Å². The van der Waals surface area contributed by atoms with Crippen LogP contribution in [0.2, 0.25) is 0 Å². The molecule has 0 heterocycles. The maximum absolute atomic E-state index is 9.27. The summed E-state index contributed by atoms with van der Waals surface area (Å²) in [5.74, 6) is 0.909. The third-order valence-corrected chi connectivity index (χ3v) is 4.58. The van der Waals surface area contributed by atoms with E-state index in [0.29, 0.717) is 6.04 Å². The van der Waals surface area contributed by atoms with Crippen LogP contribution in [0.3, 0.4) is 0 Å². The predicted octanol–water partition coefficient (Wildman–Crippen LogP) is 1.35. The van der Waals surface area contributed by atoms with Crippen LogP contribution in [0.15, 0.2) is 0 Å². The van der Waals surface area contributed by atoms with Crippen LogP contribution in [-0.4, -0.2) is 41.8 Å². The van der Waals surface area contributed by atoms with E-state index in [1.807, 2.05) is 0 Å². The van der Waals surface area contributed by atoms with Gasteiger partial charge in [0.1, 0.15) is 0 Å². The summed E-state index contributed by atoms with van der Waals surface area (Å²) in [4.78, 5) is 2.49. The van der Waals surface area contributed by atoms with Crippen molar-refractivity contribution in [2.24, 2.45) is 11.7 Å². The molecule has 16 heavy (non-hydrogen) atoms. The Kier molecular flexibility index (Phi) is 3.88. The summed E-state index contributed by atoms with van der Waals surface area (Å²) in [6.45, 7) is 1.37. The van der Waals surface area contributed by atoms with Gasteiger partial charge in [0.05, 0.1) is 6.61 Å². The second-order valence-corrected chi connectivity index (χ2v) is 6.01. The number of nitrogens with zero attached hydrogens (tertiary/aromatic N) is 1. The highest BCUT2D eigenvalue weighted by Crippen LogP contribution is 2.32. The summed E-state index contributed by atoms with van der Waals surface area (Å²) >= 11 is 0. The van der Waals surface area contributed by atoms with Crippen molar-refractivity contribution in [3.05, 3.63) is 0 Å². The van der Waals surface area contributed by atoms with E-state index < -0.39 is 0 Å². The van der Waals surface area contributed by atoms with Crippen LogP contribution in [0.25, 0.3) is 0 Å². The van der Waals surface area contributed by atoms with Gasteiger partial charge in [0.2, 0.25) is 0 Å². The topological polar surface area (TPSA) is 49.5 Å². The Balaban J connectivity index is 1.79. The second kappa shape index (κ2) is 5.03. The summed E-state index contributed by atoms with van der Waals surface area (Å²) in [7, 11) is 2.23. The number of aliphatic hydroxyl groups excluding tert-OH is 1. The lowest BCUT2D eigenvalue weighted by Crippen LogP contribution is -2.43. The third-order valence-electron chi connectivity index (χ3n) is 4.58. The zero-order valence-electron chi connectivity index (χ0n) is 10.5. The number of hydrogen-bond acceptors (Lipinski definition) is 3. The van der Waals surface area contributed by atoms with Crippen molar-refractivity contribution in [3.63, 3.8) is 0 Å². The van der Waals surface area contributed by atoms with E-state index in [2.05, 4.69) is 11.9 Å². The van der Waals surface area contributed by atoms with Gasteiger partial charge < -0.3 is 15.7 Å². The Labute approximate surface area is 99.0 Å². The Bertz CT molecular complexity index is 228. The van der Waals surface area contributed by atoms with Crippen LogP contribution >= 0.6 is 0 Å². The summed E-state index contributed by atoms with van der Waals surface area (Å²) in [5, 5.41) is 9.27. The molecule has 0 bridgehead atoms. The van der Waals surface area contributed by atoms with Crippen molar-refractivity contribution >= 4 is 0 Å². The second-order valence-electron chi connectivity index (χ2n) is 6.01. The minimum atomic E-state index is -0.297. The molecule has 0 saturated heterocycles. The quantitative estimate of drug-likeness (QED) is 0.761. The van der Waals surface area contributed by atoms with E-state index in [1.165, 1.54) is 32.2 Å². The van der Waals surface area contributed by atoms with Gasteiger partial charge >= 0.3 is 0 Å². The average Bonchev–Trinajstić information content (AvgIpc) is 2.88. The van der Waals surface area contributed by atoms with Crippen molar-refractivity contribution in [2.75, 3.05) is 20.2 Å². The molecule has 2 unspecified atom stereocenters. The summed E-state index contributed by atoms with van der Waals surface area (Å²) in [5.41, 5.74) is 5.82. The number of hydrogen-bond donors (Lipinski definition) is 2. The van der Waals surface area contributed by atoms with Gasteiger partial charge in [0.25, 0.3) is 0 Å². The van der Waals surface area contributed by atoms with E-state index in [9.17, 15) is 5.11 Å². The highest BCUT2D eigenvalue weighted by molar-refractivity contribution is 4.96. The highest BCUT2D eigenvalue weighted by Gasteiger charge is 2.37. The summed E-state index contributed by atoms with van der Waals surface area (Å²) < 4.78 is 0. The Morgan fingerprint density at radius 2 is 2.00 bits per heavy atom. The molecule has 0 aliphatic heterocycles. The van der Waals surface area contributed by atoms with Gasteiger partial charge in [-0.2, -0.15) is 0 Å². The molecule has 2 rings (SSSR count). The molecule has 3 nitrogen and oxygen atoms in total. The molecule has 2 aliphatic carbocycles. The lowest BCUT2D eigenvalue weighted by atomic mass is 10.00. The third kappa shape index (κ3) is 2.76. The Morgan fingerprint density at radius 3 is 2.56 bits per heavy atom. The monoisotopic (exact) mass is 226 g/mol. The van der Waals surface area contributed by atoms with Crippen molar-refractivity contribution < 1.29 is 5.11 Å². The normalized spacial score (nSPS) is 36.4.